The van der Waals surface area contributed by atoms with E-state index in [4.69, 9.17) is 4.74 Å². The first kappa shape index (κ1) is 17.5. The zero-order valence-electron chi connectivity index (χ0n) is 16.2. The summed E-state index contributed by atoms with van der Waals surface area (Å²) in [6, 6.07) is 5.33. The maximum atomic E-state index is 12.7. The van der Waals surface area contributed by atoms with Crippen LogP contribution in [0.3, 0.4) is 0 Å². The Kier molecular flexibility index (Phi) is 4.11. The number of anilines is 1. The molecule has 148 valence electrons. The number of nitrogens with zero attached hydrogens (tertiary/aromatic N) is 8. The first-order valence-electron chi connectivity index (χ1n) is 9.48. The fourth-order valence-electron chi connectivity index (χ4n) is 3.88. The van der Waals surface area contributed by atoms with E-state index >= 15 is 0 Å². The third-order valence-corrected chi connectivity index (χ3v) is 5.47. The molecule has 10 nitrogen and oxygen atoms in total. The van der Waals surface area contributed by atoms with Crippen LogP contribution in [0.2, 0.25) is 0 Å². The minimum absolute atomic E-state index is 0.0609. The fourth-order valence-corrected chi connectivity index (χ4v) is 3.88. The highest BCUT2D eigenvalue weighted by atomic mass is 16.5. The van der Waals surface area contributed by atoms with Crippen molar-refractivity contribution in [3.05, 3.63) is 46.8 Å². The van der Waals surface area contributed by atoms with E-state index in [0.29, 0.717) is 28.4 Å². The number of hydrogen-bond donors (Lipinski definition) is 0. The molecule has 0 radical (unpaired) electrons. The van der Waals surface area contributed by atoms with Gasteiger partial charge in [0, 0.05) is 38.3 Å². The molecule has 1 saturated heterocycles. The Morgan fingerprint density at radius 2 is 1.97 bits per heavy atom. The van der Waals surface area contributed by atoms with Crippen LogP contribution in [0.4, 0.5) is 5.95 Å². The van der Waals surface area contributed by atoms with Gasteiger partial charge in [-0.2, -0.15) is 4.52 Å². The Morgan fingerprint density at radius 3 is 2.76 bits per heavy atom. The van der Waals surface area contributed by atoms with Gasteiger partial charge in [-0.25, -0.2) is 4.98 Å². The highest BCUT2D eigenvalue weighted by molar-refractivity contribution is 5.77. The molecular formula is C19H20N8O2. The molecule has 1 fully saturated rings. The van der Waals surface area contributed by atoms with Crippen LogP contribution < -0.4 is 15.2 Å². The number of rotatable bonds is 3. The van der Waals surface area contributed by atoms with E-state index < -0.39 is 0 Å². The smallest absolute Gasteiger partial charge is 0.262 e. The Hall–Kier alpha value is -3.56. The van der Waals surface area contributed by atoms with Gasteiger partial charge in [-0.3, -0.25) is 14.3 Å². The minimum Gasteiger partial charge on any atom is -0.480 e. The molecule has 4 aromatic rings. The van der Waals surface area contributed by atoms with Crippen LogP contribution in [0.25, 0.3) is 16.6 Å². The second kappa shape index (κ2) is 6.80. The number of hydrogen-bond acceptors (Lipinski definition) is 8. The van der Waals surface area contributed by atoms with Gasteiger partial charge in [-0.1, -0.05) is 0 Å². The van der Waals surface area contributed by atoms with Crippen molar-refractivity contribution in [2.75, 3.05) is 25.1 Å². The number of aromatic nitrogens is 7. The Labute approximate surface area is 165 Å². The summed E-state index contributed by atoms with van der Waals surface area (Å²) in [5, 5.41) is 13.6. The van der Waals surface area contributed by atoms with Gasteiger partial charge in [0.2, 0.25) is 11.8 Å². The molecule has 10 heteroatoms. The highest BCUT2D eigenvalue weighted by Crippen LogP contribution is 2.29. The van der Waals surface area contributed by atoms with Crippen molar-refractivity contribution >= 4 is 22.5 Å². The van der Waals surface area contributed by atoms with E-state index in [1.165, 1.54) is 0 Å². The van der Waals surface area contributed by atoms with E-state index in [0.717, 1.165) is 31.8 Å². The molecule has 0 unspecified atom stereocenters. The second-order valence-corrected chi connectivity index (χ2v) is 7.13. The molecule has 0 aliphatic carbocycles. The summed E-state index contributed by atoms with van der Waals surface area (Å²) in [6.45, 7) is 1.52. The van der Waals surface area contributed by atoms with Crippen molar-refractivity contribution < 1.29 is 4.74 Å². The molecule has 5 heterocycles. The van der Waals surface area contributed by atoms with Crippen molar-refractivity contribution in [1.82, 2.24) is 34.3 Å². The van der Waals surface area contributed by atoms with Crippen molar-refractivity contribution in [3.63, 3.8) is 0 Å². The van der Waals surface area contributed by atoms with Gasteiger partial charge in [0.05, 0.1) is 24.2 Å². The van der Waals surface area contributed by atoms with Crippen LogP contribution in [0.5, 0.6) is 5.88 Å². The van der Waals surface area contributed by atoms with Crippen LogP contribution in [0.1, 0.15) is 24.6 Å². The van der Waals surface area contributed by atoms with Crippen molar-refractivity contribution in [3.8, 4) is 5.88 Å². The quantitative estimate of drug-likeness (QED) is 0.512. The molecule has 1 aliphatic rings. The normalized spacial score (nSPS) is 15.3. The molecule has 5 rings (SSSR count). The van der Waals surface area contributed by atoms with E-state index in [2.05, 4.69) is 30.2 Å². The molecule has 0 amide bonds. The lowest BCUT2D eigenvalue weighted by Gasteiger charge is -2.32. The third kappa shape index (κ3) is 2.87. The van der Waals surface area contributed by atoms with Crippen LogP contribution in [-0.2, 0) is 7.05 Å². The van der Waals surface area contributed by atoms with Gasteiger partial charge in [0.15, 0.2) is 11.5 Å². The SMILES string of the molecule is COc1ccc2nnc(C3CCN(c4nc5cnccc5c(=O)n4C)CC3)n2n1. The maximum absolute atomic E-state index is 12.7. The van der Waals surface area contributed by atoms with Crippen LogP contribution in [0, 0.1) is 0 Å². The first-order valence-corrected chi connectivity index (χ1v) is 9.48. The monoisotopic (exact) mass is 392 g/mol. The van der Waals surface area contributed by atoms with Gasteiger partial charge in [-0.05, 0) is 25.0 Å². The summed E-state index contributed by atoms with van der Waals surface area (Å²) in [5.41, 5.74) is 1.26. The predicted molar refractivity (Wildman–Crippen MR) is 106 cm³/mol. The summed E-state index contributed by atoms with van der Waals surface area (Å²) in [5.74, 6) is 2.25. The van der Waals surface area contributed by atoms with Gasteiger partial charge in [0.1, 0.15) is 0 Å². The summed E-state index contributed by atoms with van der Waals surface area (Å²) in [4.78, 5) is 23.6. The van der Waals surface area contributed by atoms with Gasteiger partial charge in [0.25, 0.3) is 5.56 Å². The zero-order chi connectivity index (χ0) is 20.0. The summed E-state index contributed by atoms with van der Waals surface area (Å²) < 4.78 is 8.60. The Morgan fingerprint density at radius 1 is 1.14 bits per heavy atom. The molecule has 0 spiro atoms. The lowest BCUT2D eigenvalue weighted by molar-refractivity contribution is 0.386. The van der Waals surface area contributed by atoms with Gasteiger partial charge >= 0.3 is 0 Å². The molecule has 0 aromatic carbocycles. The number of fused-ring (bicyclic) bond motifs is 2. The van der Waals surface area contributed by atoms with E-state index in [1.807, 2.05) is 6.07 Å². The zero-order valence-corrected chi connectivity index (χ0v) is 16.2. The van der Waals surface area contributed by atoms with E-state index in [-0.39, 0.29) is 11.5 Å². The summed E-state index contributed by atoms with van der Waals surface area (Å²) in [7, 11) is 3.35. The number of methoxy groups -OCH3 is 1. The number of ether oxygens (including phenoxy) is 1. The van der Waals surface area contributed by atoms with Gasteiger partial charge < -0.3 is 9.64 Å². The molecule has 0 atom stereocenters. The molecule has 0 saturated carbocycles. The molecule has 0 N–H and O–H groups in total. The average molecular weight is 392 g/mol. The topological polar surface area (TPSA) is 103 Å². The van der Waals surface area contributed by atoms with Crippen LogP contribution in [0.15, 0.2) is 35.4 Å². The minimum atomic E-state index is -0.0609. The van der Waals surface area contributed by atoms with Crippen molar-refractivity contribution in [1.29, 1.82) is 0 Å². The molecule has 0 bridgehead atoms. The highest BCUT2D eigenvalue weighted by Gasteiger charge is 2.27. The van der Waals surface area contributed by atoms with Crippen molar-refractivity contribution in [2.45, 2.75) is 18.8 Å². The third-order valence-electron chi connectivity index (χ3n) is 5.47. The lowest BCUT2D eigenvalue weighted by atomic mass is 9.96. The largest absolute Gasteiger partial charge is 0.480 e. The summed E-state index contributed by atoms with van der Waals surface area (Å²) >= 11 is 0. The number of pyridine rings is 1. The van der Waals surface area contributed by atoms with Crippen LogP contribution in [-0.4, -0.2) is 54.5 Å². The maximum Gasteiger partial charge on any atom is 0.262 e. The Bertz CT molecular complexity index is 1260. The van der Waals surface area contributed by atoms with Gasteiger partial charge in [-0.15, -0.1) is 15.3 Å². The molecule has 29 heavy (non-hydrogen) atoms. The number of piperidine rings is 1. The fraction of sp³-hybridized carbons (Fsp3) is 0.368. The molecule has 4 aromatic heterocycles. The summed E-state index contributed by atoms with van der Waals surface area (Å²) in [6.07, 6.45) is 4.97. The van der Waals surface area contributed by atoms with Crippen molar-refractivity contribution in [2.24, 2.45) is 7.05 Å². The van der Waals surface area contributed by atoms with E-state index in [9.17, 15) is 4.79 Å². The standard InChI is InChI=1S/C19H20N8O2/c1-25-18(28)13-5-8-20-11-14(13)21-19(25)26-9-6-12(7-10-26)17-23-22-15-3-4-16(29-2)24-27(15)17/h3-5,8,11-12H,6-7,9-10H2,1-2H3. The van der Waals surface area contributed by atoms with Crippen LogP contribution >= 0.6 is 0 Å². The average Bonchev–Trinajstić information content (AvgIpc) is 3.19. The lowest BCUT2D eigenvalue weighted by Crippen LogP contribution is -2.38. The van der Waals surface area contributed by atoms with E-state index in [1.54, 1.807) is 47.8 Å². The second-order valence-electron chi connectivity index (χ2n) is 7.13. The first-order chi connectivity index (χ1) is 14.2. The molecular weight excluding hydrogens is 372 g/mol. The molecule has 1 aliphatic heterocycles. The predicted octanol–water partition coefficient (Wildman–Crippen LogP) is 1.16. The Balaban J connectivity index is 1.42.